The molecule has 0 aromatic heterocycles. The van der Waals surface area contributed by atoms with Gasteiger partial charge in [0.2, 0.25) is 0 Å². The maximum absolute atomic E-state index is 14.1. The van der Waals surface area contributed by atoms with Gasteiger partial charge in [0.1, 0.15) is 11.6 Å². The van der Waals surface area contributed by atoms with Crippen molar-refractivity contribution in [2.24, 2.45) is 0 Å². The first-order chi connectivity index (χ1) is 14.7. The highest BCUT2D eigenvalue weighted by molar-refractivity contribution is 5.64. The molecule has 0 bridgehead atoms. The highest BCUT2D eigenvalue weighted by Crippen LogP contribution is 2.29. The summed E-state index contributed by atoms with van der Waals surface area (Å²) < 4.78 is 65.7. The van der Waals surface area contributed by atoms with Gasteiger partial charge in [0.05, 0.1) is 6.42 Å². The molecule has 0 aliphatic rings. The SMILES string of the molecule is CCCC(C)c1ccc(Cc2ccc(-c3cc(F)c(CC(F)(F)F)c(F)c3)cc2)cc1. The van der Waals surface area contributed by atoms with E-state index in [0.717, 1.165) is 42.5 Å². The second-order valence-electron chi connectivity index (χ2n) is 8.02. The molecule has 3 aromatic carbocycles. The molecule has 0 aliphatic heterocycles. The number of alkyl halides is 3. The summed E-state index contributed by atoms with van der Waals surface area (Å²) in [6.07, 6.45) is -3.28. The predicted molar refractivity (Wildman–Crippen MR) is 114 cm³/mol. The van der Waals surface area contributed by atoms with E-state index in [2.05, 4.69) is 38.1 Å². The van der Waals surface area contributed by atoms with Crippen LogP contribution in [0, 0.1) is 11.6 Å². The topological polar surface area (TPSA) is 0 Å². The highest BCUT2D eigenvalue weighted by Gasteiger charge is 2.31. The third kappa shape index (κ3) is 6.16. The fraction of sp³-hybridized carbons (Fsp3) is 0.308. The molecule has 1 unspecified atom stereocenters. The van der Waals surface area contributed by atoms with Gasteiger partial charge in [0.25, 0.3) is 0 Å². The molecule has 0 fully saturated rings. The second kappa shape index (κ2) is 9.63. The summed E-state index contributed by atoms with van der Waals surface area (Å²) in [5.74, 6) is -1.84. The summed E-state index contributed by atoms with van der Waals surface area (Å²) in [4.78, 5) is 0. The molecular formula is C26H25F5. The van der Waals surface area contributed by atoms with Crippen molar-refractivity contribution in [3.8, 4) is 11.1 Å². The van der Waals surface area contributed by atoms with Crippen LogP contribution in [0.2, 0.25) is 0 Å². The lowest BCUT2D eigenvalue weighted by molar-refractivity contribution is -0.128. The van der Waals surface area contributed by atoms with Gasteiger partial charge in [0.15, 0.2) is 0 Å². The van der Waals surface area contributed by atoms with Gasteiger partial charge in [-0.05, 0) is 58.7 Å². The van der Waals surface area contributed by atoms with Crippen molar-refractivity contribution in [3.63, 3.8) is 0 Å². The third-order valence-corrected chi connectivity index (χ3v) is 5.48. The van der Waals surface area contributed by atoms with Gasteiger partial charge < -0.3 is 0 Å². The molecule has 3 aromatic rings. The molecule has 0 spiro atoms. The Balaban J connectivity index is 1.73. The van der Waals surface area contributed by atoms with Crippen LogP contribution < -0.4 is 0 Å². The number of rotatable bonds is 7. The number of hydrogen-bond donors (Lipinski definition) is 0. The minimum Gasteiger partial charge on any atom is -0.207 e. The van der Waals surface area contributed by atoms with Crippen molar-refractivity contribution in [2.75, 3.05) is 0 Å². The zero-order valence-corrected chi connectivity index (χ0v) is 17.6. The van der Waals surface area contributed by atoms with Crippen molar-refractivity contribution in [1.29, 1.82) is 0 Å². The predicted octanol–water partition coefficient (Wildman–Crippen LogP) is 8.23. The maximum Gasteiger partial charge on any atom is 0.393 e. The van der Waals surface area contributed by atoms with E-state index in [1.807, 2.05) is 12.1 Å². The van der Waals surface area contributed by atoms with E-state index in [-0.39, 0.29) is 5.56 Å². The Morgan fingerprint density at radius 1 is 0.774 bits per heavy atom. The van der Waals surface area contributed by atoms with Crippen LogP contribution in [0.3, 0.4) is 0 Å². The van der Waals surface area contributed by atoms with Gasteiger partial charge in [-0.1, -0.05) is 68.8 Å². The normalized spacial score (nSPS) is 12.7. The Kier molecular flexibility index (Phi) is 7.14. The molecular weight excluding hydrogens is 407 g/mol. The molecule has 0 radical (unpaired) electrons. The zero-order valence-electron chi connectivity index (χ0n) is 17.6. The number of halogens is 5. The molecule has 5 heteroatoms. The molecule has 0 aliphatic carbocycles. The lowest BCUT2D eigenvalue weighted by Gasteiger charge is -2.12. The van der Waals surface area contributed by atoms with Gasteiger partial charge in [-0.3, -0.25) is 0 Å². The largest absolute Gasteiger partial charge is 0.393 e. The Labute approximate surface area is 179 Å². The van der Waals surface area contributed by atoms with Crippen molar-refractivity contribution >= 4 is 0 Å². The molecule has 0 nitrogen and oxygen atoms in total. The Morgan fingerprint density at radius 2 is 1.29 bits per heavy atom. The highest BCUT2D eigenvalue weighted by atomic mass is 19.4. The van der Waals surface area contributed by atoms with E-state index in [9.17, 15) is 22.0 Å². The molecule has 0 N–H and O–H groups in total. The molecule has 3 rings (SSSR count). The summed E-state index contributed by atoms with van der Waals surface area (Å²) in [5.41, 5.74) is 3.32. The lowest BCUT2D eigenvalue weighted by Crippen LogP contribution is -2.14. The van der Waals surface area contributed by atoms with Crippen LogP contribution in [0.5, 0.6) is 0 Å². The van der Waals surface area contributed by atoms with Crippen LogP contribution in [-0.4, -0.2) is 6.18 Å². The Bertz CT molecular complexity index is 978. The van der Waals surface area contributed by atoms with Crippen LogP contribution >= 0.6 is 0 Å². The molecule has 1 atom stereocenters. The minimum absolute atomic E-state index is 0.210. The molecule has 0 amide bonds. The Hall–Kier alpha value is -2.69. The van der Waals surface area contributed by atoms with Gasteiger partial charge in [-0.25, -0.2) is 8.78 Å². The van der Waals surface area contributed by atoms with Gasteiger partial charge in [-0.2, -0.15) is 13.2 Å². The van der Waals surface area contributed by atoms with Gasteiger partial charge in [-0.15, -0.1) is 0 Å². The van der Waals surface area contributed by atoms with E-state index in [1.54, 1.807) is 12.1 Å². The van der Waals surface area contributed by atoms with Crippen LogP contribution in [0.15, 0.2) is 60.7 Å². The summed E-state index contributed by atoms with van der Waals surface area (Å²) in [5, 5.41) is 0. The minimum atomic E-state index is -4.67. The van der Waals surface area contributed by atoms with E-state index in [4.69, 9.17) is 0 Å². The fourth-order valence-corrected chi connectivity index (χ4v) is 3.75. The third-order valence-electron chi connectivity index (χ3n) is 5.48. The quantitative estimate of drug-likeness (QED) is 0.330. The standard InChI is InChI=1S/C26H25F5/c1-3-4-17(2)20-9-5-18(6-10-20)13-19-7-11-21(12-8-19)22-14-24(27)23(25(28)15-22)16-26(29,30)31/h5-12,14-15,17H,3-4,13,16H2,1-2H3. The van der Waals surface area contributed by atoms with E-state index in [1.165, 1.54) is 5.56 Å². The number of hydrogen-bond acceptors (Lipinski definition) is 0. The van der Waals surface area contributed by atoms with Crippen molar-refractivity contribution in [1.82, 2.24) is 0 Å². The summed E-state index contributed by atoms with van der Waals surface area (Å²) in [6, 6.07) is 17.6. The summed E-state index contributed by atoms with van der Waals surface area (Å²) in [7, 11) is 0. The van der Waals surface area contributed by atoms with Gasteiger partial charge in [0, 0.05) is 5.56 Å². The van der Waals surface area contributed by atoms with Crippen molar-refractivity contribution in [3.05, 3.63) is 94.6 Å². The molecule has 0 saturated heterocycles. The second-order valence-corrected chi connectivity index (χ2v) is 8.02. The van der Waals surface area contributed by atoms with Crippen LogP contribution in [0.25, 0.3) is 11.1 Å². The molecule has 164 valence electrons. The van der Waals surface area contributed by atoms with E-state index >= 15 is 0 Å². The number of benzene rings is 3. The molecule has 0 saturated carbocycles. The Morgan fingerprint density at radius 3 is 1.77 bits per heavy atom. The van der Waals surface area contributed by atoms with Crippen LogP contribution in [-0.2, 0) is 12.8 Å². The molecule has 31 heavy (non-hydrogen) atoms. The smallest absolute Gasteiger partial charge is 0.207 e. The first-order valence-corrected chi connectivity index (χ1v) is 10.4. The van der Waals surface area contributed by atoms with Crippen molar-refractivity contribution in [2.45, 2.75) is 51.6 Å². The van der Waals surface area contributed by atoms with Crippen molar-refractivity contribution < 1.29 is 22.0 Å². The maximum atomic E-state index is 14.1. The monoisotopic (exact) mass is 432 g/mol. The summed E-state index contributed by atoms with van der Waals surface area (Å²) >= 11 is 0. The summed E-state index contributed by atoms with van der Waals surface area (Å²) in [6.45, 7) is 4.40. The average molecular weight is 432 g/mol. The average Bonchev–Trinajstić information content (AvgIpc) is 2.71. The fourth-order valence-electron chi connectivity index (χ4n) is 3.75. The lowest BCUT2D eigenvalue weighted by atomic mass is 9.94. The first kappa shape index (κ1) is 23.0. The van der Waals surface area contributed by atoms with Crippen LogP contribution in [0.4, 0.5) is 22.0 Å². The van der Waals surface area contributed by atoms with E-state index < -0.39 is 29.8 Å². The molecule has 0 heterocycles. The first-order valence-electron chi connectivity index (χ1n) is 10.4. The van der Waals surface area contributed by atoms with Crippen LogP contribution in [0.1, 0.15) is 54.9 Å². The zero-order chi connectivity index (χ0) is 22.6. The van der Waals surface area contributed by atoms with E-state index in [0.29, 0.717) is 11.5 Å². The van der Waals surface area contributed by atoms with Gasteiger partial charge >= 0.3 is 6.18 Å².